The Bertz CT molecular complexity index is 523. The first-order valence-electron chi connectivity index (χ1n) is 5.18. The highest BCUT2D eigenvalue weighted by atomic mass is 32.1. The highest BCUT2D eigenvalue weighted by Crippen LogP contribution is 2.18. The van der Waals surface area contributed by atoms with Crippen LogP contribution in [0.2, 0.25) is 0 Å². The van der Waals surface area contributed by atoms with Gasteiger partial charge in [0.15, 0.2) is 0 Å². The van der Waals surface area contributed by atoms with E-state index in [4.69, 9.17) is 0 Å². The lowest BCUT2D eigenvalue weighted by Gasteiger charge is -2.09. The van der Waals surface area contributed by atoms with Gasteiger partial charge in [-0.1, -0.05) is 0 Å². The van der Waals surface area contributed by atoms with Gasteiger partial charge in [-0.25, -0.2) is 0 Å². The second-order valence-corrected chi connectivity index (χ2v) is 4.37. The number of aryl methyl sites for hydroxylation is 1. The fourth-order valence-corrected chi connectivity index (χ4v) is 2.07. The third kappa shape index (κ3) is 2.62. The van der Waals surface area contributed by atoms with Gasteiger partial charge >= 0.3 is 0 Å². The predicted molar refractivity (Wildman–Crippen MR) is 70.8 cm³/mol. The summed E-state index contributed by atoms with van der Waals surface area (Å²) in [6, 6.07) is 3.71. The van der Waals surface area contributed by atoms with Crippen molar-refractivity contribution in [2.24, 2.45) is 0 Å². The van der Waals surface area contributed by atoms with Crippen LogP contribution in [-0.4, -0.2) is 17.9 Å². The number of pyridine rings is 1. The molecule has 2 heterocycles. The second kappa shape index (κ2) is 4.97. The van der Waals surface area contributed by atoms with Crippen molar-refractivity contribution in [3.8, 4) is 0 Å². The molecule has 1 amide bonds. The Morgan fingerprint density at radius 3 is 2.94 bits per heavy atom. The Morgan fingerprint density at radius 2 is 2.29 bits per heavy atom. The third-order valence-corrected chi connectivity index (χ3v) is 3.02. The van der Waals surface area contributed by atoms with E-state index in [9.17, 15) is 4.79 Å². The molecule has 0 unspecified atom stereocenters. The first-order valence-corrected chi connectivity index (χ1v) is 6.13. The molecule has 0 saturated heterocycles. The molecule has 2 aromatic rings. The van der Waals surface area contributed by atoms with Gasteiger partial charge in [-0.15, -0.1) is 0 Å². The molecule has 2 N–H and O–H groups in total. The van der Waals surface area contributed by atoms with Gasteiger partial charge in [0, 0.05) is 24.3 Å². The molecule has 0 aliphatic rings. The molecule has 0 aliphatic heterocycles. The van der Waals surface area contributed by atoms with Crippen LogP contribution in [0.15, 0.2) is 29.1 Å². The number of rotatable bonds is 3. The van der Waals surface area contributed by atoms with E-state index in [1.807, 2.05) is 29.8 Å². The monoisotopic (exact) mass is 247 g/mol. The van der Waals surface area contributed by atoms with Gasteiger partial charge in [-0.3, -0.25) is 9.78 Å². The number of aromatic nitrogens is 1. The van der Waals surface area contributed by atoms with Crippen molar-refractivity contribution in [2.75, 3.05) is 17.7 Å². The molecule has 2 aromatic heterocycles. The largest absolute Gasteiger partial charge is 0.387 e. The number of anilines is 2. The summed E-state index contributed by atoms with van der Waals surface area (Å²) >= 11 is 1.54. The zero-order valence-electron chi connectivity index (χ0n) is 9.65. The number of hydrogen-bond donors (Lipinski definition) is 2. The normalized spacial score (nSPS) is 10.0. The lowest BCUT2D eigenvalue weighted by molar-refractivity contribution is 0.102. The van der Waals surface area contributed by atoms with Crippen molar-refractivity contribution in [3.63, 3.8) is 0 Å². The van der Waals surface area contributed by atoms with E-state index in [2.05, 4.69) is 15.6 Å². The van der Waals surface area contributed by atoms with Crippen LogP contribution in [0.25, 0.3) is 0 Å². The number of amides is 1. The molecule has 17 heavy (non-hydrogen) atoms. The van der Waals surface area contributed by atoms with Gasteiger partial charge in [-0.05, 0) is 24.4 Å². The molecule has 2 rings (SSSR count). The van der Waals surface area contributed by atoms with Crippen LogP contribution in [0.5, 0.6) is 0 Å². The smallest absolute Gasteiger partial charge is 0.259 e. The SMILES string of the molecule is CNc1cc(C)ncc1C(=O)Nc1ccsc1. The molecule has 88 valence electrons. The predicted octanol–water partition coefficient (Wildman–Crippen LogP) is 2.75. The van der Waals surface area contributed by atoms with Gasteiger partial charge in [0.1, 0.15) is 0 Å². The Morgan fingerprint density at radius 1 is 1.47 bits per heavy atom. The van der Waals surface area contributed by atoms with Crippen molar-refractivity contribution in [1.82, 2.24) is 4.98 Å². The summed E-state index contributed by atoms with van der Waals surface area (Å²) in [7, 11) is 1.79. The zero-order valence-corrected chi connectivity index (χ0v) is 10.5. The van der Waals surface area contributed by atoms with Crippen LogP contribution >= 0.6 is 11.3 Å². The van der Waals surface area contributed by atoms with Gasteiger partial charge in [0.05, 0.1) is 16.9 Å². The van der Waals surface area contributed by atoms with E-state index in [1.165, 1.54) is 0 Å². The average Bonchev–Trinajstić information content (AvgIpc) is 2.81. The minimum atomic E-state index is -0.153. The van der Waals surface area contributed by atoms with Crippen LogP contribution in [0.4, 0.5) is 11.4 Å². The van der Waals surface area contributed by atoms with Crippen LogP contribution in [0, 0.1) is 6.92 Å². The van der Waals surface area contributed by atoms with Crippen molar-refractivity contribution >= 4 is 28.6 Å². The average molecular weight is 247 g/mol. The van der Waals surface area contributed by atoms with E-state index >= 15 is 0 Å². The molecule has 4 nitrogen and oxygen atoms in total. The maximum Gasteiger partial charge on any atom is 0.259 e. The van der Waals surface area contributed by atoms with Gasteiger partial charge in [0.2, 0.25) is 0 Å². The topological polar surface area (TPSA) is 54.0 Å². The first-order chi connectivity index (χ1) is 8.20. The third-order valence-electron chi connectivity index (χ3n) is 2.33. The highest BCUT2D eigenvalue weighted by molar-refractivity contribution is 7.08. The standard InChI is InChI=1S/C12H13N3OS/c1-8-5-11(13-2)10(6-14-8)12(16)15-9-3-4-17-7-9/h3-7H,1-2H3,(H,13,14)(H,15,16). The van der Waals surface area contributed by atoms with Crippen LogP contribution in [0.1, 0.15) is 16.1 Å². The number of nitrogens with one attached hydrogen (secondary N) is 2. The first kappa shape index (κ1) is 11.6. The van der Waals surface area contributed by atoms with Crippen LogP contribution in [0.3, 0.4) is 0 Å². The van der Waals surface area contributed by atoms with Gasteiger partial charge < -0.3 is 10.6 Å². The molecule has 0 aromatic carbocycles. The highest BCUT2D eigenvalue weighted by Gasteiger charge is 2.11. The fraction of sp³-hybridized carbons (Fsp3) is 0.167. The Balaban J connectivity index is 2.24. The van der Waals surface area contributed by atoms with Crippen LogP contribution in [-0.2, 0) is 0 Å². The summed E-state index contributed by atoms with van der Waals surface area (Å²) in [5.74, 6) is -0.153. The summed E-state index contributed by atoms with van der Waals surface area (Å²) in [4.78, 5) is 16.2. The van der Waals surface area contributed by atoms with Gasteiger partial charge in [0.25, 0.3) is 5.91 Å². The van der Waals surface area contributed by atoms with E-state index in [0.717, 1.165) is 17.1 Å². The number of thiophene rings is 1. The Labute approximate surface area is 104 Å². The zero-order chi connectivity index (χ0) is 12.3. The number of carbonyl (C=O) groups excluding carboxylic acids is 1. The lowest BCUT2D eigenvalue weighted by atomic mass is 10.2. The maximum atomic E-state index is 12.0. The molecule has 0 fully saturated rings. The molecule has 0 aliphatic carbocycles. The number of nitrogens with zero attached hydrogens (tertiary/aromatic N) is 1. The van der Waals surface area contributed by atoms with Crippen molar-refractivity contribution in [3.05, 3.63) is 40.3 Å². The van der Waals surface area contributed by atoms with Crippen molar-refractivity contribution < 1.29 is 4.79 Å². The van der Waals surface area contributed by atoms with E-state index in [-0.39, 0.29) is 5.91 Å². The maximum absolute atomic E-state index is 12.0. The molecule has 0 radical (unpaired) electrons. The van der Waals surface area contributed by atoms with Crippen molar-refractivity contribution in [1.29, 1.82) is 0 Å². The molecule has 0 bridgehead atoms. The molecule has 0 saturated carbocycles. The Hall–Kier alpha value is -1.88. The number of hydrogen-bond acceptors (Lipinski definition) is 4. The van der Waals surface area contributed by atoms with Gasteiger partial charge in [-0.2, -0.15) is 11.3 Å². The summed E-state index contributed by atoms with van der Waals surface area (Å²) in [5, 5.41) is 9.63. The van der Waals surface area contributed by atoms with E-state index < -0.39 is 0 Å². The quantitative estimate of drug-likeness (QED) is 0.876. The molecular weight excluding hydrogens is 234 g/mol. The second-order valence-electron chi connectivity index (χ2n) is 3.59. The summed E-state index contributed by atoms with van der Waals surface area (Å²) in [6.45, 7) is 1.89. The fourth-order valence-electron chi connectivity index (χ4n) is 1.48. The number of carbonyl (C=O) groups is 1. The lowest BCUT2D eigenvalue weighted by Crippen LogP contribution is -2.14. The minimum absolute atomic E-state index is 0.153. The summed E-state index contributed by atoms with van der Waals surface area (Å²) in [6.07, 6.45) is 1.59. The van der Waals surface area contributed by atoms with Crippen LogP contribution < -0.4 is 10.6 Å². The summed E-state index contributed by atoms with van der Waals surface area (Å²) < 4.78 is 0. The minimum Gasteiger partial charge on any atom is -0.387 e. The molecule has 0 spiro atoms. The van der Waals surface area contributed by atoms with E-state index in [1.54, 1.807) is 24.6 Å². The van der Waals surface area contributed by atoms with Crippen molar-refractivity contribution in [2.45, 2.75) is 6.92 Å². The van der Waals surface area contributed by atoms with E-state index in [0.29, 0.717) is 5.56 Å². The molecular formula is C12H13N3OS. The molecule has 0 atom stereocenters. The molecule has 5 heteroatoms. The Kier molecular flexibility index (Phi) is 3.39. The summed E-state index contributed by atoms with van der Waals surface area (Å²) in [5.41, 5.74) is 3.01.